The molecule has 0 amide bonds. The van der Waals surface area contributed by atoms with E-state index in [0.717, 1.165) is 42.4 Å². The quantitative estimate of drug-likeness (QED) is 0.307. The van der Waals surface area contributed by atoms with Crippen molar-refractivity contribution >= 4 is 11.6 Å². The molecule has 0 heterocycles. The van der Waals surface area contributed by atoms with Crippen LogP contribution in [0, 0.1) is 35.5 Å². The maximum Gasteiger partial charge on any atom is 0.147 e. The SMILES string of the molecule is CCCCOC1CC=C(/C=C/C2CCC(C3CCC(C4CCC(C)CC4)CC3)CC2)C(F)=C1Cl. The molecule has 1 nitrogen and oxygen atoms in total. The Kier molecular flexibility index (Phi) is 10.2. The van der Waals surface area contributed by atoms with E-state index in [1.807, 2.05) is 12.2 Å². The summed E-state index contributed by atoms with van der Waals surface area (Å²) in [5.74, 6) is 5.22. The lowest BCUT2D eigenvalue weighted by atomic mass is 9.65. The zero-order valence-electron chi connectivity index (χ0n) is 21.8. The van der Waals surface area contributed by atoms with Gasteiger partial charge in [-0.2, -0.15) is 0 Å². The number of ether oxygens (including phenoxy) is 1. The van der Waals surface area contributed by atoms with Crippen molar-refractivity contribution in [2.75, 3.05) is 6.61 Å². The molecular formula is C31H48ClFO. The first kappa shape index (κ1) is 26.5. The second kappa shape index (κ2) is 13.1. The van der Waals surface area contributed by atoms with Crippen molar-refractivity contribution in [2.24, 2.45) is 35.5 Å². The van der Waals surface area contributed by atoms with Crippen LogP contribution in [-0.4, -0.2) is 12.7 Å². The molecule has 0 bridgehead atoms. The smallest absolute Gasteiger partial charge is 0.147 e. The molecule has 0 N–H and O–H groups in total. The average molecular weight is 491 g/mol. The molecular weight excluding hydrogens is 443 g/mol. The fourth-order valence-electron chi connectivity index (χ4n) is 7.25. The number of hydrogen-bond donors (Lipinski definition) is 0. The number of hydrogen-bond acceptors (Lipinski definition) is 1. The lowest BCUT2D eigenvalue weighted by Gasteiger charge is -2.41. The van der Waals surface area contributed by atoms with Crippen molar-refractivity contribution in [2.45, 2.75) is 116 Å². The molecule has 4 aliphatic rings. The monoisotopic (exact) mass is 490 g/mol. The molecule has 0 spiro atoms. The van der Waals surface area contributed by atoms with Gasteiger partial charge in [-0.15, -0.1) is 0 Å². The predicted octanol–water partition coefficient (Wildman–Crippen LogP) is 9.92. The van der Waals surface area contributed by atoms with Crippen molar-refractivity contribution in [3.05, 3.63) is 34.7 Å². The summed E-state index contributed by atoms with van der Waals surface area (Å²) in [7, 11) is 0. The summed E-state index contributed by atoms with van der Waals surface area (Å²) in [4.78, 5) is 0. The van der Waals surface area contributed by atoms with Crippen LogP contribution >= 0.6 is 11.6 Å². The molecule has 4 rings (SSSR count). The van der Waals surface area contributed by atoms with Crippen LogP contribution in [0.2, 0.25) is 0 Å². The van der Waals surface area contributed by atoms with Crippen LogP contribution < -0.4 is 0 Å². The van der Waals surface area contributed by atoms with Crippen molar-refractivity contribution < 1.29 is 9.13 Å². The molecule has 192 valence electrons. The summed E-state index contributed by atoms with van der Waals surface area (Å²) in [6, 6.07) is 0. The fraction of sp³-hybridized carbons (Fsp3) is 0.806. The molecule has 3 heteroatoms. The van der Waals surface area contributed by atoms with Crippen molar-refractivity contribution in [3.8, 4) is 0 Å². The third kappa shape index (κ3) is 7.00. The molecule has 4 aliphatic carbocycles. The van der Waals surface area contributed by atoms with E-state index >= 15 is 0 Å². The summed E-state index contributed by atoms with van der Waals surface area (Å²) >= 11 is 6.30. The van der Waals surface area contributed by atoms with E-state index in [4.69, 9.17) is 16.3 Å². The molecule has 0 aromatic rings. The maximum atomic E-state index is 14.8. The number of allylic oxidation sites excluding steroid dienone is 4. The van der Waals surface area contributed by atoms with Crippen LogP contribution in [0.1, 0.15) is 110 Å². The van der Waals surface area contributed by atoms with E-state index in [0.29, 0.717) is 24.5 Å². The highest BCUT2D eigenvalue weighted by Crippen LogP contribution is 2.46. The van der Waals surface area contributed by atoms with Gasteiger partial charge in [-0.3, -0.25) is 0 Å². The summed E-state index contributed by atoms with van der Waals surface area (Å²) in [6.07, 6.45) is 25.7. The van der Waals surface area contributed by atoms with Gasteiger partial charge in [-0.25, -0.2) is 4.39 Å². The molecule has 0 saturated heterocycles. The van der Waals surface area contributed by atoms with Crippen LogP contribution in [0.15, 0.2) is 34.7 Å². The van der Waals surface area contributed by atoms with Crippen LogP contribution in [0.3, 0.4) is 0 Å². The topological polar surface area (TPSA) is 9.23 Å². The Hall–Kier alpha value is -0.600. The number of rotatable bonds is 8. The first-order chi connectivity index (χ1) is 16.5. The van der Waals surface area contributed by atoms with E-state index in [1.54, 1.807) is 0 Å². The van der Waals surface area contributed by atoms with E-state index in [9.17, 15) is 4.39 Å². The number of halogens is 2. The first-order valence-electron chi connectivity index (χ1n) is 14.6. The lowest BCUT2D eigenvalue weighted by Crippen LogP contribution is -2.29. The first-order valence-corrected chi connectivity index (χ1v) is 15.0. The van der Waals surface area contributed by atoms with Crippen molar-refractivity contribution in [1.82, 2.24) is 0 Å². The van der Waals surface area contributed by atoms with Crippen LogP contribution in [0.4, 0.5) is 4.39 Å². The van der Waals surface area contributed by atoms with E-state index in [1.165, 1.54) is 77.0 Å². The summed E-state index contributed by atoms with van der Waals surface area (Å²) in [5.41, 5.74) is 0.651. The maximum absolute atomic E-state index is 14.8. The Morgan fingerprint density at radius 2 is 1.41 bits per heavy atom. The number of unbranched alkanes of at least 4 members (excludes halogenated alkanes) is 1. The van der Waals surface area contributed by atoms with Crippen molar-refractivity contribution in [3.63, 3.8) is 0 Å². The van der Waals surface area contributed by atoms with Gasteiger partial charge in [0.05, 0.1) is 11.1 Å². The van der Waals surface area contributed by atoms with Gasteiger partial charge in [0.2, 0.25) is 0 Å². The Labute approximate surface area is 213 Å². The van der Waals surface area contributed by atoms with E-state index in [-0.39, 0.29) is 17.0 Å². The second-order valence-electron chi connectivity index (χ2n) is 12.0. The highest BCUT2D eigenvalue weighted by atomic mass is 35.5. The standard InChI is InChI=1S/C31H48ClFO/c1-3-4-21-34-29-20-19-28(31(33)30(29)32)14-9-23-7-12-25(13-8-23)27-17-15-26(16-18-27)24-10-5-22(2)6-11-24/h9,14,19,22-27,29H,3-8,10-13,15-18,20-21H2,1-2H3/b14-9+. The largest absolute Gasteiger partial charge is 0.372 e. The highest BCUT2D eigenvalue weighted by molar-refractivity contribution is 6.30. The highest BCUT2D eigenvalue weighted by Gasteiger charge is 2.34. The van der Waals surface area contributed by atoms with Gasteiger partial charge in [-0.05, 0) is 113 Å². The second-order valence-corrected chi connectivity index (χ2v) is 12.4. The normalized spacial score (nSPS) is 37.8. The van der Waals surface area contributed by atoms with E-state index < -0.39 is 0 Å². The van der Waals surface area contributed by atoms with Gasteiger partial charge in [0, 0.05) is 12.2 Å². The fourth-order valence-corrected chi connectivity index (χ4v) is 7.51. The third-order valence-corrected chi connectivity index (χ3v) is 10.1. The molecule has 0 aromatic carbocycles. The van der Waals surface area contributed by atoms with Gasteiger partial charge in [0.25, 0.3) is 0 Å². The Bertz CT molecular complexity index is 716. The zero-order valence-corrected chi connectivity index (χ0v) is 22.5. The van der Waals surface area contributed by atoms with Gasteiger partial charge in [0.15, 0.2) is 0 Å². The lowest BCUT2D eigenvalue weighted by molar-refractivity contribution is 0.0793. The molecule has 0 aliphatic heterocycles. The molecule has 3 saturated carbocycles. The summed E-state index contributed by atoms with van der Waals surface area (Å²) in [5, 5.41) is 0.250. The molecule has 34 heavy (non-hydrogen) atoms. The van der Waals surface area contributed by atoms with Gasteiger partial charge in [-0.1, -0.05) is 62.9 Å². The Morgan fingerprint density at radius 1 is 0.882 bits per heavy atom. The van der Waals surface area contributed by atoms with Gasteiger partial charge in [0.1, 0.15) is 5.83 Å². The average Bonchev–Trinajstić information content (AvgIpc) is 2.87. The molecule has 1 unspecified atom stereocenters. The van der Waals surface area contributed by atoms with Gasteiger partial charge < -0.3 is 4.74 Å². The van der Waals surface area contributed by atoms with Crippen molar-refractivity contribution in [1.29, 1.82) is 0 Å². The van der Waals surface area contributed by atoms with Crippen LogP contribution in [0.25, 0.3) is 0 Å². The minimum absolute atomic E-state index is 0.250. The summed E-state index contributed by atoms with van der Waals surface area (Å²) < 4.78 is 20.6. The minimum atomic E-state index is -0.308. The zero-order chi connectivity index (χ0) is 23.9. The molecule has 3 fully saturated rings. The minimum Gasteiger partial charge on any atom is -0.372 e. The Morgan fingerprint density at radius 3 is 1.97 bits per heavy atom. The van der Waals surface area contributed by atoms with Crippen LogP contribution in [-0.2, 0) is 4.74 Å². The third-order valence-electron chi connectivity index (χ3n) is 9.69. The Balaban J connectivity index is 1.18. The summed E-state index contributed by atoms with van der Waals surface area (Å²) in [6.45, 7) is 5.21. The molecule has 0 aromatic heterocycles. The van der Waals surface area contributed by atoms with E-state index in [2.05, 4.69) is 19.9 Å². The predicted molar refractivity (Wildman–Crippen MR) is 142 cm³/mol. The molecule has 0 radical (unpaired) electrons. The van der Waals surface area contributed by atoms with Crippen LogP contribution in [0.5, 0.6) is 0 Å². The van der Waals surface area contributed by atoms with Gasteiger partial charge >= 0.3 is 0 Å². The molecule has 1 atom stereocenters.